The SMILES string of the molecule is COc1cc(OC)c2c(c1)N(c1cc(=O)n(C)c(=O)n1C)c1c(c(=O)n(C)c(=O)n1C)C2C(=O)O. The minimum Gasteiger partial charge on any atom is -0.497 e. The van der Waals surface area contributed by atoms with E-state index in [-0.39, 0.29) is 39.9 Å². The van der Waals surface area contributed by atoms with Crippen LogP contribution in [0.4, 0.5) is 17.3 Å². The topological polar surface area (TPSA) is 147 Å². The molecule has 13 nitrogen and oxygen atoms in total. The van der Waals surface area contributed by atoms with Gasteiger partial charge in [-0.1, -0.05) is 0 Å². The van der Waals surface area contributed by atoms with Crippen LogP contribution in [-0.2, 0) is 33.0 Å². The third-order valence-corrected chi connectivity index (χ3v) is 6.22. The van der Waals surface area contributed by atoms with Crippen molar-refractivity contribution in [1.29, 1.82) is 0 Å². The van der Waals surface area contributed by atoms with Gasteiger partial charge in [0, 0.05) is 52.0 Å². The second-order valence-electron chi connectivity index (χ2n) is 8.05. The fourth-order valence-corrected chi connectivity index (χ4v) is 4.40. The molecule has 0 saturated heterocycles. The van der Waals surface area contributed by atoms with Crippen molar-refractivity contribution in [2.45, 2.75) is 5.92 Å². The van der Waals surface area contributed by atoms with E-state index in [0.29, 0.717) is 0 Å². The van der Waals surface area contributed by atoms with Crippen molar-refractivity contribution < 1.29 is 19.4 Å². The second-order valence-corrected chi connectivity index (χ2v) is 8.05. The fourth-order valence-electron chi connectivity index (χ4n) is 4.40. The summed E-state index contributed by atoms with van der Waals surface area (Å²) < 4.78 is 14.8. The van der Waals surface area contributed by atoms with E-state index in [1.54, 1.807) is 0 Å². The largest absolute Gasteiger partial charge is 0.497 e. The summed E-state index contributed by atoms with van der Waals surface area (Å²) >= 11 is 0. The molecule has 0 fully saturated rings. The average molecular weight is 485 g/mol. The maximum atomic E-state index is 13.3. The van der Waals surface area contributed by atoms with Gasteiger partial charge >= 0.3 is 17.3 Å². The molecule has 0 bridgehead atoms. The highest BCUT2D eigenvalue weighted by Gasteiger charge is 2.43. The predicted molar refractivity (Wildman–Crippen MR) is 125 cm³/mol. The highest BCUT2D eigenvalue weighted by atomic mass is 16.5. The van der Waals surface area contributed by atoms with Crippen LogP contribution in [-0.4, -0.2) is 43.6 Å². The number of carboxylic acid groups (broad SMARTS) is 1. The quantitative estimate of drug-likeness (QED) is 0.516. The Hall–Kier alpha value is -4.55. The van der Waals surface area contributed by atoms with E-state index < -0.39 is 34.4 Å². The summed E-state index contributed by atoms with van der Waals surface area (Å²) in [5.74, 6) is -2.59. The van der Waals surface area contributed by atoms with Crippen LogP contribution in [0.5, 0.6) is 11.5 Å². The first-order chi connectivity index (χ1) is 16.5. The number of nitrogens with zero attached hydrogens (tertiary/aromatic N) is 5. The van der Waals surface area contributed by atoms with Gasteiger partial charge < -0.3 is 14.6 Å². The number of anilines is 3. The number of benzene rings is 1. The van der Waals surface area contributed by atoms with Crippen molar-refractivity contribution in [2.75, 3.05) is 19.1 Å². The molecule has 0 amide bonds. The molecule has 1 N–H and O–H groups in total. The number of aromatic nitrogens is 4. The zero-order chi connectivity index (χ0) is 25.9. The normalized spacial score (nSPS) is 14.3. The zero-order valence-electron chi connectivity index (χ0n) is 19.9. The summed E-state index contributed by atoms with van der Waals surface area (Å²) in [5, 5.41) is 10.2. The van der Waals surface area contributed by atoms with Crippen LogP contribution in [0.25, 0.3) is 0 Å². The van der Waals surface area contributed by atoms with Crippen LogP contribution in [0.15, 0.2) is 37.4 Å². The Balaban J connectivity index is 2.33. The molecule has 0 spiro atoms. The summed E-state index contributed by atoms with van der Waals surface area (Å²) in [5.41, 5.74) is -2.85. The molecule has 1 aromatic carbocycles. The number of hydrogen-bond acceptors (Lipinski definition) is 8. The summed E-state index contributed by atoms with van der Waals surface area (Å²) in [6.07, 6.45) is 0. The van der Waals surface area contributed by atoms with Crippen LogP contribution in [0, 0.1) is 0 Å². The lowest BCUT2D eigenvalue weighted by Gasteiger charge is -2.37. The van der Waals surface area contributed by atoms with Crippen LogP contribution < -0.4 is 36.9 Å². The van der Waals surface area contributed by atoms with Gasteiger partial charge in [-0.05, 0) is 0 Å². The van der Waals surface area contributed by atoms with E-state index >= 15 is 0 Å². The van der Waals surface area contributed by atoms with E-state index in [1.165, 1.54) is 59.4 Å². The minimum atomic E-state index is -1.52. The first-order valence-electron chi connectivity index (χ1n) is 10.3. The zero-order valence-corrected chi connectivity index (χ0v) is 19.9. The first kappa shape index (κ1) is 23.6. The van der Waals surface area contributed by atoms with E-state index in [1.807, 2.05) is 0 Å². The minimum absolute atomic E-state index is 0.00278. The molecule has 3 heterocycles. The van der Waals surface area contributed by atoms with Crippen molar-refractivity contribution in [3.8, 4) is 11.5 Å². The number of aliphatic carboxylic acids is 1. The third-order valence-electron chi connectivity index (χ3n) is 6.22. The van der Waals surface area contributed by atoms with E-state index in [2.05, 4.69) is 0 Å². The van der Waals surface area contributed by atoms with E-state index in [9.17, 15) is 29.1 Å². The number of rotatable bonds is 4. The summed E-state index contributed by atoms with van der Waals surface area (Å²) in [7, 11) is 8.06. The fraction of sp³-hybridized carbons (Fsp3) is 0.318. The standard InChI is InChI=1S/C22H23N5O8/c1-23-13(9-14(28)24(2)21(23)32)27-11-7-10(34-5)8-12(35-6)15(11)16(20(30)31)17-18(27)25(3)22(33)26(4)19(17)29/h7-9,16H,1-6H3,(H,30,31). The van der Waals surface area contributed by atoms with Gasteiger partial charge in [0.1, 0.15) is 29.1 Å². The van der Waals surface area contributed by atoms with Crippen molar-refractivity contribution in [2.24, 2.45) is 28.2 Å². The molecule has 2 aromatic heterocycles. The first-order valence-corrected chi connectivity index (χ1v) is 10.3. The van der Waals surface area contributed by atoms with Crippen LogP contribution in [0.1, 0.15) is 17.0 Å². The number of carbonyl (C=O) groups is 1. The number of ether oxygens (including phenoxy) is 2. The number of methoxy groups -OCH3 is 2. The predicted octanol–water partition coefficient (Wildman–Crippen LogP) is -0.502. The molecule has 0 aliphatic carbocycles. The Kier molecular flexibility index (Phi) is 5.42. The molecule has 1 unspecified atom stereocenters. The Labute approximate surface area is 197 Å². The smallest absolute Gasteiger partial charge is 0.332 e. The van der Waals surface area contributed by atoms with Crippen molar-refractivity contribution >= 4 is 23.3 Å². The van der Waals surface area contributed by atoms with E-state index in [0.717, 1.165) is 24.3 Å². The summed E-state index contributed by atoms with van der Waals surface area (Å²) in [6.45, 7) is 0. The van der Waals surface area contributed by atoms with Crippen molar-refractivity contribution in [3.63, 3.8) is 0 Å². The molecular formula is C22H23N5O8. The highest BCUT2D eigenvalue weighted by Crippen LogP contribution is 2.51. The van der Waals surface area contributed by atoms with Crippen LogP contribution >= 0.6 is 0 Å². The van der Waals surface area contributed by atoms with Crippen molar-refractivity contribution in [3.05, 3.63) is 71.0 Å². The second kappa shape index (κ2) is 8.04. The monoisotopic (exact) mass is 485 g/mol. The van der Waals surface area contributed by atoms with Crippen LogP contribution in [0.2, 0.25) is 0 Å². The number of fused-ring (bicyclic) bond motifs is 2. The van der Waals surface area contributed by atoms with E-state index in [4.69, 9.17) is 9.47 Å². The molecule has 1 aliphatic heterocycles. The van der Waals surface area contributed by atoms with Gasteiger partial charge in [-0.3, -0.25) is 37.6 Å². The Morgan fingerprint density at radius 1 is 0.829 bits per heavy atom. The van der Waals surface area contributed by atoms with Gasteiger partial charge in [0.25, 0.3) is 11.1 Å². The lowest BCUT2D eigenvalue weighted by molar-refractivity contribution is -0.137. The molecule has 4 rings (SSSR count). The number of hydrogen-bond donors (Lipinski definition) is 1. The molecule has 184 valence electrons. The maximum Gasteiger partial charge on any atom is 0.332 e. The van der Waals surface area contributed by atoms with Gasteiger partial charge in [0.15, 0.2) is 0 Å². The number of carboxylic acids is 1. The highest BCUT2D eigenvalue weighted by molar-refractivity contribution is 5.94. The van der Waals surface area contributed by atoms with Gasteiger partial charge in [-0.25, -0.2) is 9.59 Å². The molecular weight excluding hydrogens is 462 g/mol. The molecule has 1 aliphatic rings. The van der Waals surface area contributed by atoms with Crippen LogP contribution in [0.3, 0.4) is 0 Å². The Morgan fingerprint density at radius 3 is 2.03 bits per heavy atom. The molecule has 3 aromatic rings. The third kappa shape index (κ3) is 3.19. The molecule has 1 atom stereocenters. The Bertz CT molecular complexity index is 1640. The maximum absolute atomic E-state index is 13.3. The van der Waals surface area contributed by atoms with Gasteiger partial charge in [-0.15, -0.1) is 0 Å². The molecule has 0 saturated carbocycles. The van der Waals surface area contributed by atoms with Gasteiger partial charge in [-0.2, -0.15) is 0 Å². The molecule has 13 heteroatoms. The average Bonchev–Trinajstić information content (AvgIpc) is 2.84. The molecule has 35 heavy (non-hydrogen) atoms. The van der Waals surface area contributed by atoms with Gasteiger partial charge in [0.05, 0.1) is 25.5 Å². The Morgan fingerprint density at radius 2 is 1.46 bits per heavy atom. The van der Waals surface area contributed by atoms with Crippen molar-refractivity contribution in [1.82, 2.24) is 18.3 Å². The lowest BCUT2D eigenvalue weighted by Crippen LogP contribution is -2.46. The molecule has 0 radical (unpaired) electrons. The lowest BCUT2D eigenvalue weighted by atomic mass is 9.86. The summed E-state index contributed by atoms with van der Waals surface area (Å²) in [4.78, 5) is 65.6. The summed E-state index contributed by atoms with van der Waals surface area (Å²) in [6, 6.07) is 4.11. The van der Waals surface area contributed by atoms with Gasteiger partial charge in [0.2, 0.25) is 0 Å².